The second-order valence-corrected chi connectivity index (χ2v) is 3.97. The van der Waals surface area contributed by atoms with Crippen LogP contribution in [0.15, 0.2) is 42.5 Å². The molecule has 0 aliphatic rings. The van der Waals surface area contributed by atoms with Crippen molar-refractivity contribution in [1.82, 2.24) is 0 Å². The normalized spacial score (nSPS) is 9.58. The minimum atomic E-state index is -0.605. The van der Waals surface area contributed by atoms with E-state index in [9.17, 15) is 4.39 Å². The lowest BCUT2D eigenvalue weighted by molar-refractivity contribution is 0.475. The molecule has 0 unspecified atom stereocenters. The highest BCUT2D eigenvalue weighted by molar-refractivity contribution is 6.32. The molecule has 0 radical (unpaired) electrons. The minimum absolute atomic E-state index is 0. The smallest absolute Gasteiger partial charge is 0.146 e. The Bertz CT molecular complexity index is 605. The number of hydrogen-bond donors (Lipinski definition) is 2. The Hall–Kier alpha value is -1.78. The molecule has 0 atom stereocenters. The van der Waals surface area contributed by atoms with Crippen LogP contribution >= 0.6 is 24.0 Å². The summed E-state index contributed by atoms with van der Waals surface area (Å²) in [6.07, 6.45) is 0. The number of benzene rings is 2. The molecule has 0 saturated carbocycles. The molecule has 0 heterocycles. The van der Waals surface area contributed by atoms with E-state index in [1.807, 2.05) is 0 Å². The lowest BCUT2D eigenvalue weighted by Gasteiger charge is -2.11. The molecule has 100 valence electrons. The van der Waals surface area contributed by atoms with Gasteiger partial charge in [-0.05, 0) is 24.3 Å². The molecule has 0 amide bonds. The molecule has 0 aliphatic carbocycles. The van der Waals surface area contributed by atoms with Crippen molar-refractivity contribution in [1.29, 1.82) is 5.41 Å². The summed E-state index contributed by atoms with van der Waals surface area (Å²) in [5.41, 5.74) is 5.27. The van der Waals surface area contributed by atoms with E-state index in [0.29, 0.717) is 10.8 Å². The average molecular weight is 301 g/mol. The number of ether oxygens (including phenoxy) is 1. The van der Waals surface area contributed by atoms with Crippen molar-refractivity contribution in [2.45, 2.75) is 0 Å². The number of halogens is 3. The lowest BCUT2D eigenvalue weighted by Crippen LogP contribution is -2.14. The molecule has 6 heteroatoms. The molecule has 0 saturated heterocycles. The van der Waals surface area contributed by atoms with Crippen molar-refractivity contribution in [3.05, 3.63) is 58.9 Å². The average Bonchev–Trinajstić information content (AvgIpc) is 2.31. The van der Waals surface area contributed by atoms with Gasteiger partial charge in [0.05, 0.1) is 10.6 Å². The number of para-hydroxylation sites is 1. The summed E-state index contributed by atoms with van der Waals surface area (Å²) in [6.45, 7) is 0. The molecular weight excluding hydrogens is 290 g/mol. The summed E-state index contributed by atoms with van der Waals surface area (Å²) < 4.78 is 19.1. The van der Waals surface area contributed by atoms with Crippen molar-refractivity contribution >= 4 is 29.8 Å². The van der Waals surface area contributed by atoms with E-state index >= 15 is 0 Å². The van der Waals surface area contributed by atoms with Crippen LogP contribution in [0.1, 0.15) is 5.56 Å². The van der Waals surface area contributed by atoms with E-state index < -0.39 is 11.7 Å². The van der Waals surface area contributed by atoms with Crippen LogP contribution < -0.4 is 10.5 Å². The summed E-state index contributed by atoms with van der Waals surface area (Å²) in [5, 5.41) is 7.76. The molecule has 19 heavy (non-hydrogen) atoms. The zero-order valence-corrected chi connectivity index (χ0v) is 11.3. The van der Waals surface area contributed by atoms with E-state index in [1.165, 1.54) is 18.2 Å². The van der Waals surface area contributed by atoms with E-state index in [0.717, 1.165) is 0 Å². The van der Waals surface area contributed by atoms with Crippen molar-refractivity contribution < 1.29 is 9.13 Å². The van der Waals surface area contributed by atoms with Crippen molar-refractivity contribution in [3.63, 3.8) is 0 Å². The molecule has 3 N–H and O–H groups in total. The van der Waals surface area contributed by atoms with Gasteiger partial charge in [0, 0.05) is 0 Å². The molecule has 2 aromatic rings. The van der Waals surface area contributed by atoms with Gasteiger partial charge in [-0.15, -0.1) is 12.4 Å². The maximum Gasteiger partial charge on any atom is 0.146 e. The third-order valence-electron chi connectivity index (χ3n) is 2.30. The van der Waals surface area contributed by atoms with Crippen molar-refractivity contribution in [3.8, 4) is 11.5 Å². The van der Waals surface area contributed by atoms with Gasteiger partial charge in [-0.3, -0.25) is 5.41 Å². The first kappa shape index (κ1) is 15.3. The van der Waals surface area contributed by atoms with Crippen LogP contribution in [-0.4, -0.2) is 5.84 Å². The van der Waals surface area contributed by atoms with E-state index in [4.69, 9.17) is 27.5 Å². The monoisotopic (exact) mass is 300 g/mol. The Kier molecular flexibility index (Phi) is 5.15. The minimum Gasteiger partial charge on any atom is -0.455 e. The molecule has 0 spiro atoms. The number of rotatable bonds is 3. The Morgan fingerprint density at radius 3 is 2.37 bits per heavy atom. The highest BCUT2D eigenvalue weighted by Gasteiger charge is 2.14. The van der Waals surface area contributed by atoms with Crippen LogP contribution in [0.25, 0.3) is 0 Å². The van der Waals surface area contributed by atoms with Crippen LogP contribution in [-0.2, 0) is 0 Å². The van der Waals surface area contributed by atoms with E-state index in [-0.39, 0.29) is 23.7 Å². The molecule has 3 nitrogen and oxygen atoms in total. The van der Waals surface area contributed by atoms with Crippen molar-refractivity contribution in [2.24, 2.45) is 5.73 Å². The van der Waals surface area contributed by atoms with Gasteiger partial charge in [-0.2, -0.15) is 0 Å². The Morgan fingerprint density at radius 2 is 1.74 bits per heavy atom. The molecule has 2 rings (SSSR count). The number of nitrogens with two attached hydrogens (primary N) is 1. The second-order valence-electron chi connectivity index (χ2n) is 3.56. The lowest BCUT2D eigenvalue weighted by atomic mass is 10.1. The van der Waals surface area contributed by atoms with Gasteiger partial charge in [-0.1, -0.05) is 29.8 Å². The number of hydrogen-bond acceptors (Lipinski definition) is 2. The summed E-state index contributed by atoms with van der Waals surface area (Å²) in [5.74, 6) is -0.454. The van der Waals surface area contributed by atoms with Crippen LogP contribution in [0.4, 0.5) is 4.39 Å². The van der Waals surface area contributed by atoms with Crippen LogP contribution in [0.2, 0.25) is 5.02 Å². The summed E-state index contributed by atoms with van der Waals surface area (Å²) in [7, 11) is 0. The van der Waals surface area contributed by atoms with Crippen LogP contribution in [0, 0.1) is 11.2 Å². The van der Waals surface area contributed by atoms with E-state index in [2.05, 4.69) is 0 Å². The first-order valence-electron chi connectivity index (χ1n) is 5.15. The summed E-state index contributed by atoms with van der Waals surface area (Å²) >= 11 is 5.94. The zero-order valence-electron chi connectivity index (χ0n) is 9.69. The second kappa shape index (κ2) is 6.41. The molecule has 0 fully saturated rings. The zero-order chi connectivity index (χ0) is 13.1. The van der Waals surface area contributed by atoms with Gasteiger partial charge in [0.1, 0.15) is 23.2 Å². The van der Waals surface area contributed by atoms with Gasteiger partial charge in [-0.25, -0.2) is 4.39 Å². The fourth-order valence-corrected chi connectivity index (χ4v) is 1.67. The summed E-state index contributed by atoms with van der Waals surface area (Å²) in [6, 6.07) is 11.0. The number of amidine groups is 1. The van der Waals surface area contributed by atoms with Crippen LogP contribution in [0.5, 0.6) is 11.5 Å². The molecular formula is C13H11Cl2FN2O. The molecule has 0 aliphatic heterocycles. The Balaban J connectivity index is 0.00000180. The topological polar surface area (TPSA) is 59.1 Å². The van der Waals surface area contributed by atoms with Gasteiger partial charge in [0.2, 0.25) is 0 Å². The molecule has 2 aromatic carbocycles. The first-order valence-corrected chi connectivity index (χ1v) is 5.52. The van der Waals surface area contributed by atoms with Crippen molar-refractivity contribution in [2.75, 3.05) is 0 Å². The fourth-order valence-electron chi connectivity index (χ4n) is 1.50. The maximum atomic E-state index is 13.6. The van der Waals surface area contributed by atoms with Gasteiger partial charge in [0.15, 0.2) is 0 Å². The van der Waals surface area contributed by atoms with E-state index in [1.54, 1.807) is 24.3 Å². The number of nitrogen functional groups attached to an aromatic ring is 1. The van der Waals surface area contributed by atoms with Gasteiger partial charge < -0.3 is 10.5 Å². The van der Waals surface area contributed by atoms with Crippen LogP contribution in [0.3, 0.4) is 0 Å². The quantitative estimate of drug-likeness (QED) is 0.665. The SMILES string of the molecule is Cl.N=C(N)c1c(F)cccc1Oc1ccccc1Cl. The fraction of sp³-hybridized carbons (Fsp3) is 0. The first-order chi connectivity index (χ1) is 8.59. The highest BCUT2D eigenvalue weighted by atomic mass is 35.5. The predicted molar refractivity (Wildman–Crippen MR) is 76.2 cm³/mol. The van der Waals surface area contributed by atoms with Gasteiger partial charge >= 0.3 is 0 Å². The predicted octanol–water partition coefficient (Wildman–Crippen LogP) is 3.98. The Labute approximate surface area is 121 Å². The molecule has 0 bridgehead atoms. The Morgan fingerprint density at radius 1 is 1.11 bits per heavy atom. The third-order valence-corrected chi connectivity index (χ3v) is 2.61. The summed E-state index contributed by atoms with van der Waals surface area (Å²) in [4.78, 5) is 0. The third kappa shape index (κ3) is 3.36. The molecule has 0 aromatic heterocycles. The number of nitrogens with one attached hydrogen (secondary N) is 1. The largest absolute Gasteiger partial charge is 0.455 e. The maximum absolute atomic E-state index is 13.6. The standard InChI is InChI=1S/C13H10ClFN2O.ClH/c14-8-4-1-2-6-10(8)18-11-7-3-5-9(15)12(11)13(16)17;/h1-7H,(H3,16,17);1H. The van der Waals surface area contributed by atoms with Gasteiger partial charge in [0.25, 0.3) is 0 Å². The highest BCUT2D eigenvalue weighted by Crippen LogP contribution is 2.31.